The highest BCUT2D eigenvalue weighted by atomic mass is 16.5. The lowest BCUT2D eigenvalue weighted by Crippen LogP contribution is -2.02. The first-order chi connectivity index (χ1) is 13.2. The van der Waals surface area contributed by atoms with E-state index in [-0.39, 0.29) is 5.76 Å². The Bertz CT molecular complexity index is 874. The van der Waals surface area contributed by atoms with Crippen LogP contribution in [0.2, 0.25) is 0 Å². The maximum atomic E-state index is 11.8. The molecular weight excluding hydrogens is 336 g/mol. The molecule has 0 atom stereocenters. The van der Waals surface area contributed by atoms with E-state index in [9.17, 15) is 4.79 Å². The van der Waals surface area contributed by atoms with E-state index in [1.807, 2.05) is 12.1 Å². The number of esters is 1. The van der Waals surface area contributed by atoms with Gasteiger partial charge < -0.3 is 9.15 Å². The van der Waals surface area contributed by atoms with Gasteiger partial charge in [0, 0.05) is 5.39 Å². The predicted octanol–water partition coefficient (Wildman–Crippen LogP) is 6.79. The topological polar surface area (TPSA) is 39.4 Å². The van der Waals surface area contributed by atoms with Gasteiger partial charge in [-0.1, -0.05) is 62.9 Å². The Labute approximate surface area is 161 Å². The van der Waals surface area contributed by atoms with Gasteiger partial charge in [0.1, 0.15) is 5.58 Å². The SMILES string of the molecule is CCCCCCCc1ccc(-c2ccc3oc(C(=O)OCC)cc3c2)cc1. The molecule has 0 saturated heterocycles. The first-order valence-electron chi connectivity index (χ1n) is 10.0. The van der Waals surface area contributed by atoms with Crippen molar-refractivity contribution in [2.75, 3.05) is 6.61 Å². The van der Waals surface area contributed by atoms with Gasteiger partial charge in [-0.05, 0) is 54.7 Å². The van der Waals surface area contributed by atoms with E-state index in [1.54, 1.807) is 13.0 Å². The third kappa shape index (κ3) is 5.00. The van der Waals surface area contributed by atoms with E-state index >= 15 is 0 Å². The van der Waals surface area contributed by atoms with Gasteiger partial charge in [-0.15, -0.1) is 0 Å². The molecule has 0 aliphatic rings. The minimum absolute atomic E-state index is 0.252. The van der Waals surface area contributed by atoms with E-state index < -0.39 is 5.97 Å². The van der Waals surface area contributed by atoms with Crippen LogP contribution in [-0.4, -0.2) is 12.6 Å². The third-order valence-corrected chi connectivity index (χ3v) is 4.85. The van der Waals surface area contributed by atoms with Crippen LogP contribution in [0.4, 0.5) is 0 Å². The van der Waals surface area contributed by atoms with E-state index in [2.05, 4.69) is 37.3 Å². The summed E-state index contributed by atoms with van der Waals surface area (Å²) < 4.78 is 10.6. The van der Waals surface area contributed by atoms with Crippen LogP contribution < -0.4 is 0 Å². The number of carbonyl (C=O) groups excluding carboxylic acids is 1. The summed E-state index contributed by atoms with van der Waals surface area (Å²) in [6, 6.07) is 16.5. The minimum Gasteiger partial charge on any atom is -0.460 e. The number of hydrogen-bond donors (Lipinski definition) is 0. The van der Waals surface area contributed by atoms with Gasteiger partial charge in [0.2, 0.25) is 5.76 Å². The monoisotopic (exact) mass is 364 g/mol. The lowest BCUT2D eigenvalue weighted by atomic mass is 10.00. The molecule has 0 N–H and O–H groups in total. The second-order valence-corrected chi connectivity index (χ2v) is 6.94. The molecule has 3 rings (SSSR count). The quantitative estimate of drug-likeness (QED) is 0.310. The smallest absolute Gasteiger partial charge is 0.374 e. The zero-order valence-corrected chi connectivity index (χ0v) is 16.3. The highest BCUT2D eigenvalue weighted by Crippen LogP contribution is 2.27. The number of unbranched alkanes of at least 4 members (excludes halogenated alkanes) is 4. The van der Waals surface area contributed by atoms with Gasteiger partial charge in [0.25, 0.3) is 0 Å². The molecule has 0 unspecified atom stereocenters. The predicted molar refractivity (Wildman–Crippen MR) is 110 cm³/mol. The lowest BCUT2D eigenvalue weighted by molar-refractivity contribution is 0.0492. The van der Waals surface area contributed by atoms with Crippen molar-refractivity contribution < 1.29 is 13.9 Å². The van der Waals surface area contributed by atoms with E-state index in [0.29, 0.717) is 12.2 Å². The van der Waals surface area contributed by atoms with Gasteiger partial charge >= 0.3 is 5.97 Å². The second kappa shape index (κ2) is 9.40. The van der Waals surface area contributed by atoms with Gasteiger partial charge in [0.15, 0.2) is 0 Å². The van der Waals surface area contributed by atoms with Crippen molar-refractivity contribution in [3.63, 3.8) is 0 Å². The van der Waals surface area contributed by atoms with Crippen LogP contribution in [0, 0.1) is 0 Å². The summed E-state index contributed by atoms with van der Waals surface area (Å²) in [5.74, 6) is -0.166. The number of hydrogen-bond acceptors (Lipinski definition) is 3. The summed E-state index contributed by atoms with van der Waals surface area (Å²) in [5, 5.41) is 0.913. The maximum absolute atomic E-state index is 11.8. The molecule has 1 aromatic heterocycles. The van der Waals surface area contributed by atoms with E-state index in [1.165, 1.54) is 43.2 Å². The second-order valence-electron chi connectivity index (χ2n) is 6.94. The van der Waals surface area contributed by atoms with Crippen LogP contribution in [0.3, 0.4) is 0 Å². The summed E-state index contributed by atoms with van der Waals surface area (Å²) in [6.45, 7) is 4.37. The molecule has 0 aliphatic carbocycles. The summed E-state index contributed by atoms with van der Waals surface area (Å²) in [6.07, 6.45) is 7.69. The average molecular weight is 364 g/mol. The summed E-state index contributed by atoms with van der Waals surface area (Å²) in [4.78, 5) is 11.8. The molecule has 2 aromatic carbocycles. The molecule has 0 aliphatic heterocycles. The minimum atomic E-state index is -0.418. The normalized spacial score (nSPS) is 11.0. The Morgan fingerprint density at radius 1 is 0.889 bits per heavy atom. The van der Waals surface area contributed by atoms with Crippen LogP contribution in [-0.2, 0) is 11.2 Å². The highest BCUT2D eigenvalue weighted by Gasteiger charge is 2.13. The molecule has 3 nitrogen and oxygen atoms in total. The maximum Gasteiger partial charge on any atom is 0.374 e. The van der Waals surface area contributed by atoms with Gasteiger partial charge in [-0.3, -0.25) is 0 Å². The van der Waals surface area contributed by atoms with Crippen molar-refractivity contribution in [3.8, 4) is 11.1 Å². The Morgan fingerprint density at radius 3 is 2.37 bits per heavy atom. The Morgan fingerprint density at radius 2 is 1.63 bits per heavy atom. The van der Waals surface area contributed by atoms with Crippen molar-refractivity contribution in [1.82, 2.24) is 0 Å². The molecule has 0 saturated carbocycles. The molecule has 1 heterocycles. The zero-order chi connectivity index (χ0) is 19.1. The van der Waals surface area contributed by atoms with E-state index in [4.69, 9.17) is 9.15 Å². The van der Waals surface area contributed by atoms with Crippen molar-refractivity contribution in [1.29, 1.82) is 0 Å². The molecule has 3 heteroatoms. The van der Waals surface area contributed by atoms with Crippen molar-refractivity contribution >= 4 is 16.9 Å². The van der Waals surface area contributed by atoms with Crippen LogP contribution >= 0.6 is 0 Å². The van der Waals surface area contributed by atoms with Crippen molar-refractivity contribution in [3.05, 3.63) is 59.9 Å². The Balaban J connectivity index is 1.68. The number of fused-ring (bicyclic) bond motifs is 1. The molecule has 142 valence electrons. The summed E-state index contributed by atoms with van der Waals surface area (Å²) in [7, 11) is 0. The molecule has 0 radical (unpaired) electrons. The molecule has 3 aromatic rings. The number of ether oxygens (including phenoxy) is 1. The van der Waals surface area contributed by atoms with Crippen LogP contribution in [0.5, 0.6) is 0 Å². The first-order valence-corrected chi connectivity index (χ1v) is 10.0. The fourth-order valence-electron chi connectivity index (χ4n) is 3.32. The fraction of sp³-hybridized carbons (Fsp3) is 0.375. The third-order valence-electron chi connectivity index (χ3n) is 4.85. The Hall–Kier alpha value is -2.55. The molecule has 0 amide bonds. The standard InChI is InChI=1S/C24H28O3/c1-3-5-6-7-8-9-18-10-12-19(13-11-18)20-14-15-22-21(16-20)17-23(27-22)24(25)26-4-2/h10-17H,3-9H2,1-2H3. The van der Waals surface area contributed by atoms with Crippen molar-refractivity contribution in [2.24, 2.45) is 0 Å². The van der Waals surface area contributed by atoms with Gasteiger partial charge in [-0.2, -0.15) is 0 Å². The van der Waals surface area contributed by atoms with Gasteiger partial charge in [-0.25, -0.2) is 4.79 Å². The number of furan rings is 1. The van der Waals surface area contributed by atoms with Gasteiger partial charge in [0.05, 0.1) is 6.61 Å². The first kappa shape index (κ1) is 19.2. The average Bonchev–Trinajstić information content (AvgIpc) is 3.12. The molecule has 27 heavy (non-hydrogen) atoms. The molecular formula is C24H28O3. The summed E-state index contributed by atoms with van der Waals surface area (Å²) >= 11 is 0. The largest absolute Gasteiger partial charge is 0.460 e. The Kier molecular flexibility index (Phi) is 6.69. The molecule has 0 fully saturated rings. The van der Waals surface area contributed by atoms with Crippen molar-refractivity contribution in [2.45, 2.75) is 52.4 Å². The van der Waals surface area contributed by atoms with Crippen LogP contribution in [0.15, 0.2) is 52.9 Å². The number of carbonyl (C=O) groups is 1. The van der Waals surface area contributed by atoms with Crippen LogP contribution in [0.1, 0.15) is 62.1 Å². The molecule has 0 spiro atoms. The highest BCUT2D eigenvalue weighted by molar-refractivity contribution is 5.94. The summed E-state index contributed by atoms with van der Waals surface area (Å²) in [5.41, 5.74) is 4.38. The zero-order valence-electron chi connectivity index (χ0n) is 16.3. The lowest BCUT2D eigenvalue weighted by Gasteiger charge is -2.05. The van der Waals surface area contributed by atoms with Crippen LogP contribution in [0.25, 0.3) is 22.1 Å². The van der Waals surface area contributed by atoms with E-state index in [0.717, 1.165) is 17.4 Å². The number of rotatable bonds is 9. The number of benzene rings is 2. The fourth-order valence-corrected chi connectivity index (χ4v) is 3.32. The molecule has 0 bridgehead atoms. The number of aryl methyl sites for hydroxylation is 1.